The molecule has 0 radical (unpaired) electrons. The molecule has 0 bridgehead atoms. The summed E-state index contributed by atoms with van der Waals surface area (Å²) >= 11 is 0. The zero-order valence-electron chi connectivity index (χ0n) is 11.0. The number of anilines is 2. The van der Waals surface area contributed by atoms with Crippen molar-refractivity contribution in [2.24, 2.45) is 0 Å². The average molecular weight is 254 g/mol. The maximum Gasteiger partial charge on any atom is 0.224 e. The van der Waals surface area contributed by atoms with Crippen LogP contribution in [-0.2, 0) is 4.74 Å². The molecule has 1 aliphatic rings. The first-order valence-electron chi connectivity index (χ1n) is 6.21. The van der Waals surface area contributed by atoms with E-state index in [2.05, 4.69) is 20.6 Å². The van der Waals surface area contributed by atoms with Crippen LogP contribution in [0.25, 0.3) is 0 Å². The number of halogens is 1. The van der Waals surface area contributed by atoms with E-state index in [9.17, 15) is 4.39 Å². The van der Waals surface area contributed by atoms with Gasteiger partial charge in [0.05, 0.1) is 17.8 Å². The summed E-state index contributed by atoms with van der Waals surface area (Å²) in [6.45, 7) is 7.30. The van der Waals surface area contributed by atoms with E-state index in [0.717, 1.165) is 6.42 Å². The quantitative estimate of drug-likeness (QED) is 0.861. The summed E-state index contributed by atoms with van der Waals surface area (Å²) in [5.74, 6) is 0.203. The van der Waals surface area contributed by atoms with E-state index in [0.29, 0.717) is 19.1 Å². The molecule has 2 rings (SSSR count). The van der Waals surface area contributed by atoms with Gasteiger partial charge in [0.25, 0.3) is 0 Å². The molecule has 1 aromatic heterocycles. The molecule has 2 N–H and O–H groups in total. The van der Waals surface area contributed by atoms with Gasteiger partial charge in [-0.2, -0.15) is 4.98 Å². The monoisotopic (exact) mass is 254 g/mol. The van der Waals surface area contributed by atoms with E-state index in [-0.39, 0.29) is 17.5 Å². The summed E-state index contributed by atoms with van der Waals surface area (Å²) in [6.07, 6.45) is 2.03. The zero-order valence-corrected chi connectivity index (χ0v) is 11.0. The number of ether oxygens (including phenoxy) is 1. The maximum atomic E-state index is 13.7. The molecule has 1 fully saturated rings. The highest BCUT2D eigenvalue weighted by atomic mass is 19.1. The van der Waals surface area contributed by atoms with Crippen molar-refractivity contribution in [3.8, 4) is 0 Å². The Morgan fingerprint density at radius 1 is 1.61 bits per heavy atom. The van der Waals surface area contributed by atoms with Crippen molar-refractivity contribution in [2.45, 2.75) is 38.8 Å². The molecule has 0 saturated carbocycles. The van der Waals surface area contributed by atoms with Gasteiger partial charge in [-0.1, -0.05) is 0 Å². The zero-order chi connectivity index (χ0) is 13.2. The average Bonchev–Trinajstić information content (AvgIpc) is 2.64. The molecule has 0 aliphatic carbocycles. The number of hydrogen-bond acceptors (Lipinski definition) is 5. The molecule has 1 saturated heterocycles. The van der Waals surface area contributed by atoms with E-state index in [1.165, 1.54) is 6.20 Å². The third-order valence-corrected chi connectivity index (χ3v) is 3.37. The van der Waals surface area contributed by atoms with Gasteiger partial charge >= 0.3 is 0 Å². The van der Waals surface area contributed by atoms with Gasteiger partial charge in [0.2, 0.25) is 5.95 Å². The van der Waals surface area contributed by atoms with Crippen LogP contribution in [0.2, 0.25) is 0 Å². The summed E-state index contributed by atoms with van der Waals surface area (Å²) in [5.41, 5.74) is -0.293. The van der Waals surface area contributed by atoms with E-state index in [1.807, 2.05) is 20.8 Å². The lowest BCUT2D eigenvalue weighted by Crippen LogP contribution is -2.41. The first-order valence-corrected chi connectivity index (χ1v) is 6.21. The Morgan fingerprint density at radius 2 is 2.39 bits per heavy atom. The van der Waals surface area contributed by atoms with Crippen LogP contribution in [0.15, 0.2) is 6.20 Å². The third-order valence-electron chi connectivity index (χ3n) is 3.37. The highest BCUT2D eigenvalue weighted by molar-refractivity contribution is 5.43. The van der Waals surface area contributed by atoms with Gasteiger partial charge in [-0.05, 0) is 27.2 Å². The van der Waals surface area contributed by atoms with Crippen LogP contribution in [0.3, 0.4) is 0 Å². The van der Waals surface area contributed by atoms with Gasteiger partial charge in [0.15, 0.2) is 11.6 Å². The van der Waals surface area contributed by atoms with Crippen molar-refractivity contribution in [3.05, 3.63) is 12.0 Å². The van der Waals surface area contributed by atoms with Crippen LogP contribution < -0.4 is 10.6 Å². The molecule has 5 nitrogen and oxygen atoms in total. The lowest BCUT2D eigenvalue weighted by Gasteiger charge is -2.29. The van der Waals surface area contributed by atoms with Gasteiger partial charge in [-0.15, -0.1) is 0 Å². The van der Waals surface area contributed by atoms with Crippen molar-refractivity contribution in [1.82, 2.24) is 9.97 Å². The highest BCUT2D eigenvalue weighted by Gasteiger charge is 2.37. The Balaban J connectivity index is 2.19. The SMILES string of the molecule is CCNc1ncc(F)c(NC2(C)CCOC2C)n1. The van der Waals surface area contributed by atoms with Crippen molar-refractivity contribution < 1.29 is 9.13 Å². The van der Waals surface area contributed by atoms with Crippen molar-refractivity contribution >= 4 is 11.8 Å². The molecule has 2 atom stereocenters. The molecular formula is C12H19FN4O. The standard InChI is InChI=1S/C12H19FN4O/c1-4-14-11-15-7-9(13)10(16-11)17-12(3)5-6-18-8(12)2/h7-8H,4-6H2,1-3H3,(H2,14,15,16,17). The first-order chi connectivity index (χ1) is 8.55. The van der Waals surface area contributed by atoms with Gasteiger partial charge < -0.3 is 15.4 Å². The molecule has 0 aromatic carbocycles. The summed E-state index contributed by atoms with van der Waals surface area (Å²) in [5, 5.41) is 6.11. The lowest BCUT2D eigenvalue weighted by atomic mass is 9.95. The van der Waals surface area contributed by atoms with Gasteiger partial charge in [-0.3, -0.25) is 0 Å². The maximum absolute atomic E-state index is 13.7. The van der Waals surface area contributed by atoms with E-state index >= 15 is 0 Å². The van der Waals surface area contributed by atoms with E-state index in [1.54, 1.807) is 0 Å². The Morgan fingerprint density at radius 3 is 3.00 bits per heavy atom. The van der Waals surface area contributed by atoms with Crippen molar-refractivity contribution in [3.63, 3.8) is 0 Å². The first kappa shape index (κ1) is 13.0. The molecular weight excluding hydrogens is 235 g/mol. The Labute approximate surface area is 106 Å². The van der Waals surface area contributed by atoms with Crippen molar-refractivity contribution in [2.75, 3.05) is 23.8 Å². The molecule has 18 heavy (non-hydrogen) atoms. The normalized spacial score (nSPS) is 27.2. The fourth-order valence-electron chi connectivity index (χ4n) is 1.97. The highest BCUT2D eigenvalue weighted by Crippen LogP contribution is 2.29. The summed E-state index contributed by atoms with van der Waals surface area (Å²) < 4.78 is 19.2. The number of nitrogens with zero attached hydrogens (tertiary/aromatic N) is 2. The molecule has 1 aromatic rings. The number of nitrogens with one attached hydrogen (secondary N) is 2. The number of aromatic nitrogens is 2. The molecule has 100 valence electrons. The molecule has 1 aliphatic heterocycles. The van der Waals surface area contributed by atoms with Crippen LogP contribution in [0.4, 0.5) is 16.2 Å². The fourth-order valence-corrected chi connectivity index (χ4v) is 1.97. The minimum absolute atomic E-state index is 0.0226. The predicted octanol–water partition coefficient (Wildman–Crippen LogP) is 2.03. The minimum atomic E-state index is -0.447. The number of rotatable bonds is 4. The Bertz CT molecular complexity index is 429. The second-order valence-corrected chi connectivity index (χ2v) is 4.73. The van der Waals surface area contributed by atoms with Gasteiger partial charge in [0.1, 0.15) is 0 Å². The number of hydrogen-bond donors (Lipinski definition) is 2. The fraction of sp³-hybridized carbons (Fsp3) is 0.667. The van der Waals surface area contributed by atoms with Crippen molar-refractivity contribution in [1.29, 1.82) is 0 Å². The Kier molecular flexibility index (Phi) is 3.65. The van der Waals surface area contributed by atoms with E-state index in [4.69, 9.17) is 4.74 Å². The van der Waals surface area contributed by atoms with Gasteiger partial charge in [0, 0.05) is 13.2 Å². The smallest absolute Gasteiger partial charge is 0.224 e. The van der Waals surface area contributed by atoms with E-state index < -0.39 is 5.82 Å². The summed E-state index contributed by atoms with van der Waals surface area (Å²) in [7, 11) is 0. The second kappa shape index (κ2) is 5.06. The molecule has 2 unspecified atom stereocenters. The predicted molar refractivity (Wildman–Crippen MR) is 68.2 cm³/mol. The topological polar surface area (TPSA) is 59.1 Å². The largest absolute Gasteiger partial charge is 0.376 e. The van der Waals surface area contributed by atoms with Crippen LogP contribution in [-0.4, -0.2) is 34.8 Å². The third kappa shape index (κ3) is 2.53. The molecule has 0 amide bonds. The van der Waals surface area contributed by atoms with Crippen LogP contribution >= 0.6 is 0 Å². The minimum Gasteiger partial charge on any atom is -0.376 e. The summed E-state index contributed by atoms with van der Waals surface area (Å²) in [4.78, 5) is 8.02. The molecule has 0 spiro atoms. The summed E-state index contributed by atoms with van der Waals surface area (Å²) in [6, 6.07) is 0. The molecule has 2 heterocycles. The lowest BCUT2D eigenvalue weighted by molar-refractivity contribution is 0.105. The van der Waals surface area contributed by atoms with Crippen LogP contribution in [0.1, 0.15) is 27.2 Å². The molecule has 6 heteroatoms. The Hall–Kier alpha value is -1.43. The van der Waals surface area contributed by atoms with Crippen LogP contribution in [0.5, 0.6) is 0 Å². The van der Waals surface area contributed by atoms with Crippen LogP contribution in [0, 0.1) is 5.82 Å². The van der Waals surface area contributed by atoms with Gasteiger partial charge in [-0.25, -0.2) is 9.37 Å². The second-order valence-electron chi connectivity index (χ2n) is 4.73.